The number of benzene rings is 1. The lowest BCUT2D eigenvalue weighted by Gasteiger charge is -2.36. The number of nitrogens with one attached hydrogen (secondary N) is 1. The number of ether oxygens (including phenoxy) is 2. The summed E-state index contributed by atoms with van der Waals surface area (Å²) < 4.78 is 10.9. The minimum Gasteiger partial charge on any atom is -0.490 e. The molecule has 1 aliphatic carbocycles. The Balaban J connectivity index is 1.73. The number of carboxylic acids is 1. The van der Waals surface area contributed by atoms with Gasteiger partial charge in [0.25, 0.3) is 0 Å². The van der Waals surface area contributed by atoms with Gasteiger partial charge >= 0.3 is 12.1 Å². The van der Waals surface area contributed by atoms with Crippen LogP contribution in [0.4, 0.5) is 4.79 Å². The van der Waals surface area contributed by atoms with Gasteiger partial charge in [0.1, 0.15) is 17.5 Å². The van der Waals surface area contributed by atoms with Gasteiger partial charge < -0.3 is 19.9 Å². The molecule has 0 saturated heterocycles. The van der Waals surface area contributed by atoms with Gasteiger partial charge in [-0.15, -0.1) is 0 Å². The summed E-state index contributed by atoms with van der Waals surface area (Å²) in [5, 5.41) is 11.6. The van der Waals surface area contributed by atoms with Crippen molar-refractivity contribution in [1.29, 1.82) is 0 Å². The fourth-order valence-corrected chi connectivity index (χ4v) is 2.12. The van der Waals surface area contributed by atoms with Gasteiger partial charge in [-0.1, -0.05) is 0 Å². The third-order valence-corrected chi connectivity index (χ3v) is 3.22. The molecule has 1 aromatic rings. The second-order valence-electron chi connectivity index (χ2n) is 6.38. The normalized spacial score (nSPS) is 20.7. The van der Waals surface area contributed by atoms with Crippen LogP contribution in [0.15, 0.2) is 24.3 Å². The molecule has 1 saturated carbocycles. The predicted molar refractivity (Wildman–Crippen MR) is 80.2 cm³/mol. The number of carboxylic acid groups (broad SMARTS) is 1. The highest BCUT2D eigenvalue weighted by Gasteiger charge is 2.33. The second kappa shape index (κ2) is 6.25. The molecule has 2 N–H and O–H groups in total. The lowest BCUT2D eigenvalue weighted by Crippen LogP contribution is -2.50. The number of amides is 1. The molecule has 0 spiro atoms. The van der Waals surface area contributed by atoms with Crippen molar-refractivity contribution in [3.8, 4) is 5.75 Å². The fourth-order valence-electron chi connectivity index (χ4n) is 2.12. The number of rotatable bonds is 4. The van der Waals surface area contributed by atoms with Gasteiger partial charge in [0.2, 0.25) is 0 Å². The van der Waals surface area contributed by atoms with Crippen molar-refractivity contribution >= 4 is 12.1 Å². The first-order chi connectivity index (χ1) is 10.2. The summed E-state index contributed by atoms with van der Waals surface area (Å²) in [6.45, 7) is 5.46. The van der Waals surface area contributed by atoms with Gasteiger partial charge in [0.05, 0.1) is 5.56 Å². The molecule has 6 heteroatoms. The average Bonchev–Trinajstić information content (AvgIpc) is 2.34. The van der Waals surface area contributed by atoms with Gasteiger partial charge in [0.15, 0.2) is 0 Å². The van der Waals surface area contributed by atoms with Crippen molar-refractivity contribution in [1.82, 2.24) is 5.32 Å². The summed E-state index contributed by atoms with van der Waals surface area (Å²) in [4.78, 5) is 22.4. The average molecular weight is 307 g/mol. The van der Waals surface area contributed by atoms with Crippen LogP contribution in [-0.4, -0.2) is 34.9 Å². The molecule has 0 heterocycles. The van der Waals surface area contributed by atoms with Crippen molar-refractivity contribution in [3.63, 3.8) is 0 Å². The molecule has 0 unspecified atom stereocenters. The molecular formula is C16H21NO5. The van der Waals surface area contributed by atoms with E-state index in [9.17, 15) is 9.59 Å². The van der Waals surface area contributed by atoms with Crippen LogP contribution in [0.2, 0.25) is 0 Å². The number of carbonyl (C=O) groups excluding carboxylic acids is 1. The van der Waals surface area contributed by atoms with E-state index in [4.69, 9.17) is 14.6 Å². The summed E-state index contributed by atoms with van der Waals surface area (Å²) in [5.74, 6) is -0.331. The monoisotopic (exact) mass is 307 g/mol. The highest BCUT2D eigenvalue weighted by atomic mass is 16.6. The van der Waals surface area contributed by atoms with Crippen LogP contribution < -0.4 is 10.1 Å². The van der Waals surface area contributed by atoms with E-state index in [-0.39, 0.29) is 17.7 Å². The van der Waals surface area contributed by atoms with E-state index in [0.717, 1.165) is 0 Å². The van der Waals surface area contributed by atoms with Crippen molar-refractivity contribution in [3.05, 3.63) is 29.8 Å². The van der Waals surface area contributed by atoms with Crippen LogP contribution in [0, 0.1) is 0 Å². The molecule has 6 nitrogen and oxygen atoms in total. The molecule has 0 aliphatic heterocycles. The van der Waals surface area contributed by atoms with E-state index in [0.29, 0.717) is 18.6 Å². The standard InChI is InChI=1S/C16H21NO5/c1-16(2,3)22-15(20)17-11-8-13(9-11)21-12-6-4-10(5-7-12)14(18)19/h4-7,11,13H,8-9H2,1-3H3,(H,17,20)(H,18,19). The van der Waals surface area contributed by atoms with Crippen molar-refractivity contribution < 1.29 is 24.2 Å². The zero-order valence-electron chi connectivity index (χ0n) is 13.0. The van der Waals surface area contributed by atoms with Crippen LogP contribution in [0.1, 0.15) is 44.0 Å². The van der Waals surface area contributed by atoms with Crippen LogP contribution in [0.25, 0.3) is 0 Å². The van der Waals surface area contributed by atoms with Gasteiger partial charge in [-0.3, -0.25) is 0 Å². The summed E-state index contributed by atoms with van der Waals surface area (Å²) in [6, 6.07) is 6.34. The first kappa shape index (κ1) is 16.1. The maximum atomic E-state index is 11.6. The Labute approximate surface area is 129 Å². The summed E-state index contributed by atoms with van der Waals surface area (Å²) in [7, 11) is 0. The van der Waals surface area contributed by atoms with E-state index in [2.05, 4.69) is 5.32 Å². The van der Waals surface area contributed by atoms with E-state index < -0.39 is 17.7 Å². The molecule has 0 aromatic heterocycles. The number of alkyl carbamates (subject to hydrolysis) is 1. The highest BCUT2D eigenvalue weighted by Crippen LogP contribution is 2.26. The van der Waals surface area contributed by atoms with E-state index >= 15 is 0 Å². The van der Waals surface area contributed by atoms with Gasteiger partial charge in [0, 0.05) is 18.9 Å². The minimum absolute atomic E-state index is 0.0237. The van der Waals surface area contributed by atoms with Crippen LogP contribution in [0.3, 0.4) is 0 Å². The van der Waals surface area contributed by atoms with Crippen LogP contribution in [0.5, 0.6) is 5.75 Å². The summed E-state index contributed by atoms with van der Waals surface area (Å²) in [5.41, 5.74) is -0.277. The molecular weight excluding hydrogens is 286 g/mol. The highest BCUT2D eigenvalue weighted by molar-refractivity contribution is 5.87. The van der Waals surface area contributed by atoms with Gasteiger partial charge in [-0.25, -0.2) is 9.59 Å². The number of aromatic carboxylic acids is 1. The Bertz CT molecular complexity index is 541. The maximum absolute atomic E-state index is 11.6. The molecule has 0 atom stereocenters. The van der Waals surface area contributed by atoms with Crippen molar-refractivity contribution in [2.24, 2.45) is 0 Å². The zero-order chi connectivity index (χ0) is 16.3. The molecule has 0 bridgehead atoms. The van der Waals surface area contributed by atoms with Crippen LogP contribution >= 0.6 is 0 Å². The number of hydrogen-bond donors (Lipinski definition) is 2. The minimum atomic E-state index is -0.961. The van der Waals surface area contributed by atoms with Crippen molar-refractivity contribution in [2.75, 3.05) is 0 Å². The Hall–Kier alpha value is -2.24. The Morgan fingerprint density at radius 3 is 2.27 bits per heavy atom. The number of carbonyl (C=O) groups is 2. The first-order valence-corrected chi connectivity index (χ1v) is 7.22. The fraction of sp³-hybridized carbons (Fsp3) is 0.500. The zero-order valence-corrected chi connectivity index (χ0v) is 13.0. The Morgan fingerprint density at radius 1 is 1.18 bits per heavy atom. The molecule has 120 valence electrons. The first-order valence-electron chi connectivity index (χ1n) is 7.22. The van der Waals surface area contributed by atoms with E-state index in [1.54, 1.807) is 12.1 Å². The number of hydrogen-bond acceptors (Lipinski definition) is 4. The molecule has 1 aromatic carbocycles. The topological polar surface area (TPSA) is 84.9 Å². The lowest BCUT2D eigenvalue weighted by atomic mass is 9.89. The molecule has 1 fully saturated rings. The van der Waals surface area contributed by atoms with E-state index in [1.807, 2.05) is 20.8 Å². The third kappa shape index (κ3) is 4.65. The quantitative estimate of drug-likeness (QED) is 0.893. The SMILES string of the molecule is CC(C)(C)OC(=O)NC1CC(Oc2ccc(C(=O)O)cc2)C1. The van der Waals surface area contributed by atoms with Gasteiger partial charge in [-0.05, 0) is 45.0 Å². The third-order valence-electron chi connectivity index (χ3n) is 3.22. The van der Waals surface area contributed by atoms with Gasteiger partial charge in [-0.2, -0.15) is 0 Å². The summed E-state index contributed by atoms with van der Waals surface area (Å²) >= 11 is 0. The Morgan fingerprint density at radius 2 is 1.77 bits per heavy atom. The second-order valence-corrected chi connectivity index (χ2v) is 6.38. The smallest absolute Gasteiger partial charge is 0.407 e. The largest absolute Gasteiger partial charge is 0.490 e. The lowest BCUT2D eigenvalue weighted by molar-refractivity contribution is 0.0362. The molecule has 22 heavy (non-hydrogen) atoms. The summed E-state index contributed by atoms with van der Waals surface area (Å²) in [6.07, 6.45) is 1.03. The maximum Gasteiger partial charge on any atom is 0.407 e. The molecule has 1 amide bonds. The van der Waals surface area contributed by atoms with Crippen LogP contribution in [-0.2, 0) is 4.74 Å². The predicted octanol–water partition coefficient (Wildman–Crippen LogP) is 2.82. The van der Waals surface area contributed by atoms with Crippen molar-refractivity contribution in [2.45, 2.75) is 51.4 Å². The Kier molecular flexibility index (Phi) is 4.59. The molecule has 2 rings (SSSR count). The van der Waals surface area contributed by atoms with E-state index in [1.165, 1.54) is 12.1 Å². The molecule has 0 radical (unpaired) electrons. The molecule has 1 aliphatic rings.